The lowest BCUT2D eigenvalue weighted by Gasteiger charge is -2.14. The smallest absolute Gasteiger partial charge is 0.106 e. The number of nitrogens with zero attached hydrogens (tertiary/aromatic N) is 1. The summed E-state index contributed by atoms with van der Waals surface area (Å²) >= 11 is 3.25. The molecule has 1 aromatic rings. The number of pyridine rings is 1. The van der Waals surface area contributed by atoms with Crippen LogP contribution in [-0.4, -0.2) is 10.1 Å². The average Bonchev–Trinajstić information content (AvgIpc) is 2.25. The summed E-state index contributed by atoms with van der Waals surface area (Å²) in [5.41, 5.74) is 2.30. The molecular weight excluding hydrogens is 266 g/mol. The third kappa shape index (κ3) is 3.15. The van der Waals surface area contributed by atoms with Gasteiger partial charge in [-0.15, -0.1) is 0 Å². The van der Waals surface area contributed by atoms with Gasteiger partial charge in [0.05, 0.1) is 0 Å². The molecule has 2 nitrogen and oxygen atoms in total. The predicted octanol–water partition coefficient (Wildman–Crippen LogP) is 3.57. The van der Waals surface area contributed by atoms with E-state index >= 15 is 0 Å². The van der Waals surface area contributed by atoms with Crippen molar-refractivity contribution in [3.05, 3.63) is 65.0 Å². The molecule has 0 spiro atoms. The zero-order valence-electron chi connectivity index (χ0n) is 9.15. The molecule has 0 fully saturated rings. The first kappa shape index (κ1) is 12.9. The van der Waals surface area contributed by atoms with Crippen molar-refractivity contribution in [2.24, 2.45) is 0 Å². The van der Waals surface area contributed by atoms with E-state index in [1.165, 1.54) is 0 Å². The van der Waals surface area contributed by atoms with Crippen molar-refractivity contribution in [1.82, 2.24) is 4.98 Å². The second kappa shape index (κ2) is 5.77. The fourth-order valence-electron chi connectivity index (χ4n) is 1.32. The van der Waals surface area contributed by atoms with Crippen LogP contribution in [0.1, 0.15) is 18.6 Å². The van der Waals surface area contributed by atoms with Gasteiger partial charge in [-0.1, -0.05) is 36.9 Å². The second-order valence-corrected chi connectivity index (χ2v) is 4.27. The maximum Gasteiger partial charge on any atom is 0.106 e. The molecule has 1 rings (SSSR count). The Labute approximate surface area is 104 Å². The van der Waals surface area contributed by atoms with Crippen LogP contribution in [-0.2, 0) is 0 Å². The fraction of sp³-hybridized carbons (Fsp3) is 0.154. The summed E-state index contributed by atoms with van der Waals surface area (Å²) in [7, 11) is 0. The number of aliphatic hydroxyl groups is 1. The maximum absolute atomic E-state index is 10.1. The molecule has 16 heavy (non-hydrogen) atoms. The number of rotatable bonds is 4. The number of hydrogen-bond acceptors (Lipinski definition) is 2. The Morgan fingerprint density at radius 3 is 2.69 bits per heavy atom. The van der Waals surface area contributed by atoms with Crippen LogP contribution in [0, 0.1) is 0 Å². The maximum atomic E-state index is 10.1. The van der Waals surface area contributed by atoms with Crippen molar-refractivity contribution in [1.29, 1.82) is 0 Å². The van der Waals surface area contributed by atoms with Crippen LogP contribution in [0.3, 0.4) is 0 Å². The summed E-state index contributed by atoms with van der Waals surface area (Å²) in [4.78, 5) is 4.08. The number of allylic oxidation sites excluding steroid dienone is 2. The molecule has 0 amide bonds. The molecule has 0 saturated heterocycles. The standard InChI is InChI=1S/C13H14BrNO/c1-4-5-11(9(2)3)13(16)10-6-7-12(14)15-8-10/h4-8,13,16H,1-2H2,3H3/b11-5+. The minimum Gasteiger partial charge on any atom is -0.384 e. The minimum atomic E-state index is -0.712. The van der Waals surface area contributed by atoms with E-state index in [1.54, 1.807) is 24.4 Å². The Morgan fingerprint density at radius 2 is 2.25 bits per heavy atom. The minimum absolute atomic E-state index is 0.712. The van der Waals surface area contributed by atoms with Gasteiger partial charge in [0, 0.05) is 11.8 Å². The topological polar surface area (TPSA) is 33.1 Å². The molecular formula is C13H14BrNO. The van der Waals surface area contributed by atoms with Crippen LogP contribution < -0.4 is 0 Å². The van der Waals surface area contributed by atoms with Gasteiger partial charge in [0.1, 0.15) is 10.7 Å². The molecule has 1 heterocycles. The molecule has 0 aliphatic rings. The summed E-state index contributed by atoms with van der Waals surface area (Å²) in [6, 6.07) is 3.62. The van der Waals surface area contributed by atoms with E-state index in [0.29, 0.717) is 0 Å². The van der Waals surface area contributed by atoms with Crippen molar-refractivity contribution in [2.45, 2.75) is 13.0 Å². The van der Waals surface area contributed by atoms with Gasteiger partial charge in [-0.3, -0.25) is 0 Å². The van der Waals surface area contributed by atoms with Gasteiger partial charge < -0.3 is 5.11 Å². The summed E-state index contributed by atoms with van der Waals surface area (Å²) in [5, 5.41) is 10.1. The number of halogens is 1. The molecule has 0 radical (unpaired) electrons. The summed E-state index contributed by atoms with van der Waals surface area (Å²) in [5.74, 6) is 0. The van der Waals surface area contributed by atoms with Gasteiger partial charge in [-0.05, 0) is 34.5 Å². The lowest BCUT2D eigenvalue weighted by atomic mass is 9.98. The van der Waals surface area contributed by atoms with Crippen LogP contribution in [0.4, 0.5) is 0 Å². The molecule has 0 bridgehead atoms. The Kier molecular flexibility index (Phi) is 4.65. The molecule has 0 saturated carbocycles. The lowest BCUT2D eigenvalue weighted by Crippen LogP contribution is -2.03. The van der Waals surface area contributed by atoms with Gasteiger partial charge in [-0.2, -0.15) is 0 Å². The molecule has 84 valence electrons. The average molecular weight is 280 g/mol. The number of hydrogen-bond donors (Lipinski definition) is 1. The first-order valence-corrected chi connectivity index (χ1v) is 5.63. The fourth-order valence-corrected chi connectivity index (χ4v) is 1.56. The molecule has 0 aliphatic carbocycles. The van der Waals surface area contributed by atoms with Crippen molar-refractivity contribution in [3.63, 3.8) is 0 Å². The van der Waals surface area contributed by atoms with Gasteiger partial charge in [-0.25, -0.2) is 4.98 Å². The Bertz CT molecular complexity index is 420. The largest absolute Gasteiger partial charge is 0.384 e. The highest BCUT2D eigenvalue weighted by Crippen LogP contribution is 2.26. The summed E-state index contributed by atoms with van der Waals surface area (Å²) in [6.07, 6.45) is 4.32. The van der Waals surface area contributed by atoms with Gasteiger partial charge in [0.15, 0.2) is 0 Å². The Morgan fingerprint density at radius 1 is 1.56 bits per heavy atom. The van der Waals surface area contributed by atoms with Crippen molar-refractivity contribution in [2.75, 3.05) is 0 Å². The van der Waals surface area contributed by atoms with E-state index in [4.69, 9.17) is 0 Å². The Balaban J connectivity index is 3.04. The molecule has 0 aromatic carbocycles. The summed E-state index contributed by atoms with van der Waals surface area (Å²) in [6.45, 7) is 9.31. The number of aliphatic hydroxyl groups excluding tert-OH is 1. The quantitative estimate of drug-likeness (QED) is 0.675. The van der Waals surface area contributed by atoms with E-state index in [1.807, 2.05) is 13.0 Å². The normalized spacial score (nSPS) is 13.3. The van der Waals surface area contributed by atoms with Crippen molar-refractivity contribution in [3.8, 4) is 0 Å². The second-order valence-electron chi connectivity index (χ2n) is 3.45. The van der Waals surface area contributed by atoms with Crippen LogP contribution in [0.15, 0.2) is 59.4 Å². The molecule has 1 unspecified atom stereocenters. The molecule has 1 aromatic heterocycles. The van der Waals surface area contributed by atoms with Crippen LogP contribution >= 0.6 is 15.9 Å². The number of aromatic nitrogens is 1. The third-order valence-electron chi connectivity index (χ3n) is 2.15. The Hall–Kier alpha value is -1.19. The van der Waals surface area contributed by atoms with E-state index < -0.39 is 6.10 Å². The summed E-state index contributed by atoms with van der Waals surface area (Å²) < 4.78 is 0.744. The van der Waals surface area contributed by atoms with Crippen LogP contribution in [0.25, 0.3) is 0 Å². The predicted molar refractivity (Wildman–Crippen MR) is 70.0 cm³/mol. The molecule has 3 heteroatoms. The molecule has 1 atom stereocenters. The van der Waals surface area contributed by atoms with E-state index in [2.05, 4.69) is 34.1 Å². The first-order valence-electron chi connectivity index (χ1n) is 4.84. The first-order chi connectivity index (χ1) is 7.56. The molecule has 1 N–H and O–H groups in total. The third-order valence-corrected chi connectivity index (χ3v) is 2.62. The highest BCUT2D eigenvalue weighted by molar-refractivity contribution is 9.10. The van der Waals surface area contributed by atoms with Crippen LogP contribution in [0.2, 0.25) is 0 Å². The monoisotopic (exact) mass is 279 g/mol. The molecule has 0 aliphatic heterocycles. The highest BCUT2D eigenvalue weighted by atomic mass is 79.9. The van der Waals surface area contributed by atoms with E-state index in [9.17, 15) is 5.11 Å². The van der Waals surface area contributed by atoms with E-state index in [0.717, 1.165) is 21.3 Å². The SMILES string of the molecule is C=C/C=C(\C(=C)C)C(O)c1ccc(Br)nc1. The highest BCUT2D eigenvalue weighted by Gasteiger charge is 2.13. The van der Waals surface area contributed by atoms with Crippen LogP contribution in [0.5, 0.6) is 0 Å². The van der Waals surface area contributed by atoms with Gasteiger partial charge in [0.25, 0.3) is 0 Å². The van der Waals surface area contributed by atoms with Gasteiger partial charge >= 0.3 is 0 Å². The zero-order chi connectivity index (χ0) is 12.1. The van der Waals surface area contributed by atoms with Crippen molar-refractivity contribution >= 4 is 15.9 Å². The van der Waals surface area contributed by atoms with Gasteiger partial charge in [0.2, 0.25) is 0 Å². The lowest BCUT2D eigenvalue weighted by molar-refractivity contribution is 0.217. The van der Waals surface area contributed by atoms with Crippen molar-refractivity contribution < 1.29 is 5.11 Å². The van der Waals surface area contributed by atoms with E-state index in [-0.39, 0.29) is 0 Å². The zero-order valence-corrected chi connectivity index (χ0v) is 10.7.